The second-order valence-electron chi connectivity index (χ2n) is 9.03. The van der Waals surface area contributed by atoms with Gasteiger partial charge in [-0.15, -0.1) is 0 Å². The number of aryl methyl sites for hydroxylation is 1. The van der Waals surface area contributed by atoms with Gasteiger partial charge in [0.1, 0.15) is 28.7 Å². The Balaban J connectivity index is 1.48. The fourth-order valence-corrected chi connectivity index (χ4v) is 4.82. The van der Waals surface area contributed by atoms with Crippen LogP contribution in [0.1, 0.15) is 58.5 Å². The first kappa shape index (κ1) is 23.7. The number of furan rings is 1. The summed E-state index contributed by atoms with van der Waals surface area (Å²) in [4.78, 5) is 12.9. The van der Waals surface area contributed by atoms with Crippen molar-refractivity contribution in [3.05, 3.63) is 105 Å². The molecule has 0 radical (unpaired) electrons. The van der Waals surface area contributed by atoms with E-state index in [0.29, 0.717) is 28.4 Å². The molecule has 36 heavy (non-hydrogen) atoms. The van der Waals surface area contributed by atoms with Crippen LogP contribution in [0.15, 0.2) is 81.0 Å². The zero-order valence-corrected chi connectivity index (χ0v) is 21.5. The molecule has 5 rings (SSSR count). The molecule has 0 saturated heterocycles. The summed E-state index contributed by atoms with van der Waals surface area (Å²) in [5, 5.41) is 10.6. The highest BCUT2D eigenvalue weighted by atomic mass is 79.9. The Kier molecular flexibility index (Phi) is 6.07. The van der Waals surface area contributed by atoms with E-state index in [2.05, 4.69) is 48.0 Å². The van der Waals surface area contributed by atoms with Gasteiger partial charge in [0.15, 0.2) is 0 Å². The van der Waals surface area contributed by atoms with E-state index < -0.39 is 5.97 Å². The molecule has 0 saturated carbocycles. The lowest BCUT2D eigenvalue weighted by molar-refractivity contribution is 0.0702. The number of ether oxygens (including phenoxy) is 2. The number of nitriles is 1. The monoisotopic (exact) mass is 542 g/mol. The molecule has 2 N–H and O–H groups in total. The Morgan fingerprint density at radius 1 is 1.11 bits per heavy atom. The minimum absolute atomic E-state index is 0.0325. The van der Waals surface area contributed by atoms with Crippen molar-refractivity contribution >= 4 is 32.9 Å². The number of nitrogens with two attached hydrogens (primary N) is 1. The van der Waals surface area contributed by atoms with Crippen LogP contribution in [0.5, 0.6) is 11.5 Å². The zero-order chi connectivity index (χ0) is 25.6. The minimum Gasteiger partial charge on any atom is -0.449 e. The summed E-state index contributed by atoms with van der Waals surface area (Å²) in [5.74, 6) is 0.271. The normalized spacial score (nSPS) is 14.9. The van der Waals surface area contributed by atoms with Crippen LogP contribution in [-0.2, 0) is 0 Å². The van der Waals surface area contributed by atoms with E-state index in [9.17, 15) is 10.1 Å². The van der Waals surface area contributed by atoms with Gasteiger partial charge in [0.05, 0.1) is 5.92 Å². The molecule has 1 aromatic heterocycles. The smallest absolute Gasteiger partial charge is 0.379 e. The molecule has 4 aromatic rings. The van der Waals surface area contributed by atoms with Crippen molar-refractivity contribution in [3.8, 4) is 17.6 Å². The highest BCUT2D eigenvalue weighted by Gasteiger charge is 2.31. The summed E-state index contributed by atoms with van der Waals surface area (Å²) in [6.45, 7) is 6.08. The SMILES string of the molecule is Cc1c(C(=O)Oc2ccc3c(c2)OC(N)=C(C#N)C3c2ccc(C(C)C)cc2)oc2ccc(Br)cc12. The number of nitrogens with zero attached hydrogens (tertiary/aromatic N) is 1. The van der Waals surface area contributed by atoms with Gasteiger partial charge in [-0.05, 0) is 48.2 Å². The van der Waals surface area contributed by atoms with Crippen LogP contribution in [0, 0.1) is 18.3 Å². The van der Waals surface area contributed by atoms with Crippen LogP contribution in [-0.4, -0.2) is 5.97 Å². The molecule has 0 bridgehead atoms. The van der Waals surface area contributed by atoms with Crippen molar-refractivity contribution in [1.29, 1.82) is 5.26 Å². The summed E-state index contributed by atoms with van der Waals surface area (Å²) in [6.07, 6.45) is 0. The van der Waals surface area contributed by atoms with Crippen LogP contribution in [0.2, 0.25) is 0 Å². The number of esters is 1. The lowest BCUT2D eigenvalue weighted by atomic mass is 9.83. The van der Waals surface area contributed by atoms with Crippen LogP contribution >= 0.6 is 15.9 Å². The number of fused-ring (bicyclic) bond motifs is 2. The summed E-state index contributed by atoms with van der Waals surface area (Å²) >= 11 is 3.44. The van der Waals surface area contributed by atoms with Crippen molar-refractivity contribution < 1.29 is 18.7 Å². The molecular weight excluding hydrogens is 520 g/mol. The van der Waals surface area contributed by atoms with E-state index in [1.54, 1.807) is 24.3 Å². The predicted molar refractivity (Wildman–Crippen MR) is 140 cm³/mol. The summed E-state index contributed by atoms with van der Waals surface area (Å²) in [6, 6.07) is 21.0. The maximum absolute atomic E-state index is 12.9. The third kappa shape index (κ3) is 4.14. The van der Waals surface area contributed by atoms with E-state index in [-0.39, 0.29) is 23.3 Å². The van der Waals surface area contributed by atoms with Crippen LogP contribution in [0.4, 0.5) is 0 Å². The number of carbonyl (C=O) groups excluding carboxylic acids is 1. The number of benzene rings is 3. The van der Waals surface area contributed by atoms with Gasteiger partial charge in [0.25, 0.3) is 0 Å². The highest BCUT2D eigenvalue weighted by molar-refractivity contribution is 9.10. The van der Waals surface area contributed by atoms with Gasteiger partial charge >= 0.3 is 5.97 Å². The number of halogens is 1. The second-order valence-corrected chi connectivity index (χ2v) is 9.95. The third-order valence-electron chi connectivity index (χ3n) is 6.42. The second kappa shape index (κ2) is 9.21. The molecule has 0 fully saturated rings. The van der Waals surface area contributed by atoms with E-state index >= 15 is 0 Å². The summed E-state index contributed by atoms with van der Waals surface area (Å²) < 4.78 is 18.1. The van der Waals surface area contributed by atoms with Gasteiger partial charge in [-0.25, -0.2) is 4.79 Å². The van der Waals surface area contributed by atoms with Crippen LogP contribution in [0.3, 0.4) is 0 Å². The molecule has 3 aromatic carbocycles. The Hall–Kier alpha value is -4.02. The molecule has 2 heterocycles. The first-order valence-electron chi connectivity index (χ1n) is 11.5. The number of hydrogen-bond donors (Lipinski definition) is 1. The van der Waals surface area contributed by atoms with Crippen molar-refractivity contribution in [2.45, 2.75) is 32.6 Å². The molecule has 1 atom stereocenters. The quantitative estimate of drug-likeness (QED) is 0.219. The molecule has 0 spiro atoms. The zero-order valence-electron chi connectivity index (χ0n) is 20.0. The standard InChI is InChI=1S/C29H23BrN2O4/c1-15(2)17-4-6-18(7-5-17)26-21-10-9-20(13-25(21)36-28(32)23(26)14-31)34-29(33)27-16(3)22-12-19(30)8-11-24(22)35-27/h4-13,15,26H,32H2,1-3H3. The molecule has 0 amide bonds. The molecule has 1 aliphatic heterocycles. The topological polar surface area (TPSA) is 98.5 Å². The largest absolute Gasteiger partial charge is 0.449 e. The maximum atomic E-state index is 12.9. The highest BCUT2D eigenvalue weighted by Crippen LogP contribution is 2.43. The van der Waals surface area contributed by atoms with Crippen molar-refractivity contribution in [1.82, 2.24) is 0 Å². The van der Waals surface area contributed by atoms with Gasteiger partial charge < -0.3 is 19.6 Å². The molecule has 1 unspecified atom stereocenters. The molecule has 1 aliphatic rings. The Bertz CT molecular complexity index is 1580. The van der Waals surface area contributed by atoms with Gasteiger partial charge in [0.2, 0.25) is 11.6 Å². The van der Waals surface area contributed by atoms with E-state index in [4.69, 9.17) is 19.6 Å². The lowest BCUT2D eigenvalue weighted by Crippen LogP contribution is -2.21. The molecular formula is C29H23BrN2O4. The van der Waals surface area contributed by atoms with Crippen molar-refractivity contribution in [3.63, 3.8) is 0 Å². The number of hydrogen-bond acceptors (Lipinski definition) is 6. The Morgan fingerprint density at radius 3 is 2.56 bits per heavy atom. The number of allylic oxidation sites excluding steroid dienone is 1. The van der Waals surface area contributed by atoms with Gasteiger partial charge in [-0.1, -0.05) is 60.1 Å². The number of rotatable bonds is 4. The summed E-state index contributed by atoms with van der Waals surface area (Å²) in [7, 11) is 0. The Morgan fingerprint density at radius 2 is 1.86 bits per heavy atom. The first-order chi connectivity index (χ1) is 17.3. The van der Waals surface area contributed by atoms with Crippen LogP contribution < -0.4 is 15.2 Å². The molecule has 6 nitrogen and oxygen atoms in total. The average Bonchev–Trinajstić information content (AvgIpc) is 3.19. The van der Waals surface area contributed by atoms with E-state index in [0.717, 1.165) is 21.0 Å². The van der Waals surface area contributed by atoms with Crippen molar-refractivity contribution in [2.75, 3.05) is 0 Å². The van der Waals surface area contributed by atoms with Gasteiger partial charge in [-0.3, -0.25) is 0 Å². The number of carbonyl (C=O) groups is 1. The third-order valence-corrected chi connectivity index (χ3v) is 6.91. The van der Waals surface area contributed by atoms with Gasteiger partial charge in [-0.2, -0.15) is 5.26 Å². The lowest BCUT2D eigenvalue weighted by Gasteiger charge is -2.27. The predicted octanol–water partition coefficient (Wildman–Crippen LogP) is 7.06. The van der Waals surface area contributed by atoms with Crippen LogP contribution in [0.25, 0.3) is 11.0 Å². The maximum Gasteiger partial charge on any atom is 0.379 e. The Labute approximate surface area is 217 Å². The molecule has 180 valence electrons. The minimum atomic E-state index is -0.613. The van der Waals surface area contributed by atoms with Crippen molar-refractivity contribution in [2.24, 2.45) is 5.73 Å². The fraction of sp³-hybridized carbons (Fsp3) is 0.172. The average molecular weight is 543 g/mol. The molecule has 0 aliphatic carbocycles. The van der Waals surface area contributed by atoms with E-state index in [1.807, 2.05) is 31.2 Å². The summed E-state index contributed by atoms with van der Waals surface area (Å²) in [5.41, 5.74) is 10.7. The first-order valence-corrected chi connectivity index (χ1v) is 12.3. The van der Waals surface area contributed by atoms with E-state index in [1.165, 1.54) is 5.56 Å². The van der Waals surface area contributed by atoms with Gasteiger partial charge in [0, 0.05) is 27.1 Å². The fourth-order valence-electron chi connectivity index (χ4n) is 4.46. The molecule has 7 heteroatoms.